The third-order valence-corrected chi connectivity index (χ3v) is 3.24. The average molecular weight is 214 g/mol. The van der Waals surface area contributed by atoms with Crippen LogP contribution >= 0.6 is 0 Å². The Morgan fingerprint density at radius 1 is 1.20 bits per heavy atom. The van der Waals surface area contributed by atoms with Crippen molar-refractivity contribution in [1.82, 2.24) is 5.32 Å². The van der Waals surface area contributed by atoms with Gasteiger partial charge in [-0.15, -0.1) is 0 Å². The molecule has 90 valence electrons. The lowest BCUT2D eigenvalue weighted by atomic mass is 9.82. The second-order valence-corrected chi connectivity index (χ2v) is 5.34. The van der Waals surface area contributed by atoms with Crippen LogP contribution < -0.4 is 11.1 Å². The highest BCUT2D eigenvalue weighted by Gasteiger charge is 2.27. The van der Waals surface area contributed by atoms with E-state index in [1.54, 1.807) is 0 Å². The standard InChI is InChI=1S/C12H26N2O/c1-6-12(7-2,8-13)9-14-10(15)11(3,4)5/h6-9,13H2,1-5H3,(H,14,15). The fourth-order valence-corrected chi connectivity index (χ4v) is 1.39. The number of amides is 1. The largest absolute Gasteiger partial charge is 0.355 e. The minimum atomic E-state index is -0.318. The number of hydrogen-bond acceptors (Lipinski definition) is 2. The van der Waals surface area contributed by atoms with E-state index in [9.17, 15) is 4.79 Å². The Labute approximate surface area is 93.8 Å². The molecule has 15 heavy (non-hydrogen) atoms. The van der Waals surface area contributed by atoms with Gasteiger partial charge in [0.25, 0.3) is 0 Å². The molecule has 0 aliphatic carbocycles. The number of rotatable bonds is 5. The Hall–Kier alpha value is -0.570. The normalized spacial score (nSPS) is 12.7. The number of nitrogens with two attached hydrogens (primary N) is 1. The predicted octanol–water partition coefficient (Wildman–Crippen LogP) is 1.91. The van der Waals surface area contributed by atoms with Gasteiger partial charge in [0.2, 0.25) is 5.91 Å². The topological polar surface area (TPSA) is 55.1 Å². The maximum atomic E-state index is 11.7. The molecule has 3 heteroatoms. The van der Waals surface area contributed by atoms with Gasteiger partial charge in [-0.3, -0.25) is 4.79 Å². The molecular formula is C12H26N2O. The van der Waals surface area contributed by atoms with Crippen LogP contribution in [0.15, 0.2) is 0 Å². The summed E-state index contributed by atoms with van der Waals surface area (Å²) in [6.45, 7) is 11.3. The first-order chi connectivity index (χ1) is 6.81. The van der Waals surface area contributed by atoms with Crippen LogP contribution in [-0.4, -0.2) is 19.0 Å². The van der Waals surface area contributed by atoms with E-state index in [1.807, 2.05) is 20.8 Å². The predicted molar refractivity (Wildman–Crippen MR) is 64.5 cm³/mol. The van der Waals surface area contributed by atoms with E-state index in [2.05, 4.69) is 19.2 Å². The molecule has 0 saturated heterocycles. The number of carbonyl (C=O) groups excluding carboxylic acids is 1. The van der Waals surface area contributed by atoms with Gasteiger partial charge in [-0.05, 0) is 24.8 Å². The lowest BCUT2D eigenvalue weighted by molar-refractivity contribution is -0.129. The van der Waals surface area contributed by atoms with E-state index >= 15 is 0 Å². The minimum Gasteiger partial charge on any atom is -0.355 e. The molecule has 0 aromatic carbocycles. The SMILES string of the molecule is CCC(CC)(CN)CNC(=O)C(C)(C)C. The summed E-state index contributed by atoms with van der Waals surface area (Å²) in [6, 6.07) is 0. The molecule has 0 atom stereocenters. The van der Waals surface area contributed by atoms with Crippen LogP contribution in [0, 0.1) is 10.8 Å². The van der Waals surface area contributed by atoms with Gasteiger partial charge in [0.15, 0.2) is 0 Å². The van der Waals surface area contributed by atoms with Crippen LogP contribution in [-0.2, 0) is 4.79 Å². The third kappa shape index (κ3) is 4.20. The van der Waals surface area contributed by atoms with E-state index in [4.69, 9.17) is 5.73 Å². The smallest absolute Gasteiger partial charge is 0.225 e. The van der Waals surface area contributed by atoms with E-state index in [0.717, 1.165) is 12.8 Å². The van der Waals surface area contributed by atoms with E-state index in [-0.39, 0.29) is 16.7 Å². The van der Waals surface area contributed by atoms with Crippen molar-refractivity contribution in [2.45, 2.75) is 47.5 Å². The Bertz CT molecular complexity index is 194. The molecule has 0 fully saturated rings. The average Bonchev–Trinajstić information content (AvgIpc) is 2.19. The van der Waals surface area contributed by atoms with Crippen LogP contribution in [0.1, 0.15) is 47.5 Å². The maximum Gasteiger partial charge on any atom is 0.225 e. The van der Waals surface area contributed by atoms with Crippen molar-refractivity contribution in [3.8, 4) is 0 Å². The lowest BCUT2D eigenvalue weighted by Crippen LogP contribution is -2.45. The number of hydrogen-bond donors (Lipinski definition) is 2. The lowest BCUT2D eigenvalue weighted by Gasteiger charge is -2.31. The van der Waals surface area contributed by atoms with Crippen LogP contribution in [0.4, 0.5) is 0 Å². The van der Waals surface area contributed by atoms with Crippen LogP contribution in [0.25, 0.3) is 0 Å². The van der Waals surface area contributed by atoms with Crippen molar-refractivity contribution in [2.75, 3.05) is 13.1 Å². The van der Waals surface area contributed by atoms with E-state index < -0.39 is 0 Å². The Morgan fingerprint density at radius 2 is 1.67 bits per heavy atom. The fourth-order valence-electron chi connectivity index (χ4n) is 1.39. The summed E-state index contributed by atoms with van der Waals surface area (Å²) in [7, 11) is 0. The maximum absolute atomic E-state index is 11.7. The number of carbonyl (C=O) groups is 1. The highest BCUT2D eigenvalue weighted by Crippen LogP contribution is 2.24. The van der Waals surface area contributed by atoms with Gasteiger partial charge in [-0.25, -0.2) is 0 Å². The molecule has 0 rings (SSSR count). The molecule has 1 amide bonds. The molecule has 0 bridgehead atoms. The zero-order valence-corrected chi connectivity index (χ0v) is 10.8. The molecule has 0 unspecified atom stereocenters. The molecule has 0 spiro atoms. The van der Waals surface area contributed by atoms with Crippen molar-refractivity contribution in [2.24, 2.45) is 16.6 Å². The van der Waals surface area contributed by atoms with Gasteiger partial charge in [-0.1, -0.05) is 34.6 Å². The molecule has 0 aromatic rings. The molecule has 0 heterocycles. The van der Waals surface area contributed by atoms with Crippen LogP contribution in [0.2, 0.25) is 0 Å². The van der Waals surface area contributed by atoms with Crippen molar-refractivity contribution >= 4 is 5.91 Å². The Kier molecular flexibility index (Phi) is 5.29. The van der Waals surface area contributed by atoms with Crippen LogP contribution in [0.5, 0.6) is 0 Å². The molecule has 0 aromatic heterocycles. The molecule has 3 nitrogen and oxygen atoms in total. The monoisotopic (exact) mass is 214 g/mol. The van der Waals surface area contributed by atoms with Crippen molar-refractivity contribution in [1.29, 1.82) is 0 Å². The van der Waals surface area contributed by atoms with Crippen molar-refractivity contribution in [3.63, 3.8) is 0 Å². The second kappa shape index (κ2) is 5.50. The van der Waals surface area contributed by atoms with Gasteiger partial charge >= 0.3 is 0 Å². The molecule has 3 N–H and O–H groups in total. The summed E-state index contributed by atoms with van der Waals surface area (Å²) in [5.74, 6) is 0.0993. The first kappa shape index (κ1) is 14.4. The quantitative estimate of drug-likeness (QED) is 0.734. The van der Waals surface area contributed by atoms with Gasteiger partial charge in [0, 0.05) is 12.0 Å². The first-order valence-electron chi connectivity index (χ1n) is 5.79. The second-order valence-electron chi connectivity index (χ2n) is 5.34. The summed E-state index contributed by atoms with van der Waals surface area (Å²) in [5, 5.41) is 3.00. The van der Waals surface area contributed by atoms with Gasteiger partial charge in [0.1, 0.15) is 0 Å². The highest BCUT2D eigenvalue weighted by atomic mass is 16.2. The third-order valence-electron chi connectivity index (χ3n) is 3.24. The van der Waals surface area contributed by atoms with Gasteiger partial charge < -0.3 is 11.1 Å². The minimum absolute atomic E-state index is 0.0703. The summed E-state index contributed by atoms with van der Waals surface area (Å²) < 4.78 is 0. The molecule has 0 aliphatic rings. The fraction of sp³-hybridized carbons (Fsp3) is 0.917. The number of nitrogens with one attached hydrogen (secondary N) is 1. The molecule has 0 saturated carbocycles. The van der Waals surface area contributed by atoms with Gasteiger partial charge in [-0.2, -0.15) is 0 Å². The summed E-state index contributed by atoms with van der Waals surface area (Å²) in [4.78, 5) is 11.7. The van der Waals surface area contributed by atoms with E-state index in [0.29, 0.717) is 13.1 Å². The summed E-state index contributed by atoms with van der Waals surface area (Å²) >= 11 is 0. The van der Waals surface area contributed by atoms with Gasteiger partial charge in [0.05, 0.1) is 0 Å². The summed E-state index contributed by atoms with van der Waals surface area (Å²) in [6.07, 6.45) is 2.01. The van der Waals surface area contributed by atoms with Crippen molar-refractivity contribution in [3.05, 3.63) is 0 Å². The van der Waals surface area contributed by atoms with Crippen LogP contribution in [0.3, 0.4) is 0 Å². The highest BCUT2D eigenvalue weighted by molar-refractivity contribution is 5.81. The molecular weight excluding hydrogens is 188 g/mol. The van der Waals surface area contributed by atoms with E-state index in [1.165, 1.54) is 0 Å². The van der Waals surface area contributed by atoms with Crippen molar-refractivity contribution < 1.29 is 4.79 Å². The first-order valence-corrected chi connectivity index (χ1v) is 5.79. The molecule has 0 radical (unpaired) electrons. The molecule has 0 aliphatic heterocycles. The summed E-state index contributed by atoms with van der Waals surface area (Å²) in [5.41, 5.74) is 5.53. The Morgan fingerprint density at radius 3 is 1.93 bits per heavy atom. The zero-order chi connectivity index (χ0) is 12.1. The zero-order valence-electron chi connectivity index (χ0n) is 10.8. The Balaban J connectivity index is 4.29.